The molecule has 2 nitrogen and oxygen atoms in total. The fourth-order valence-corrected chi connectivity index (χ4v) is 7.84. The van der Waals surface area contributed by atoms with Gasteiger partial charge in [0, 0.05) is 0 Å². The van der Waals surface area contributed by atoms with Crippen LogP contribution >= 0.6 is 0 Å². The molecular formula is C22H36O2. The minimum Gasteiger partial charge on any atom is -0.513 e. The van der Waals surface area contributed by atoms with E-state index in [9.17, 15) is 10.2 Å². The van der Waals surface area contributed by atoms with Crippen molar-refractivity contribution in [1.29, 1.82) is 0 Å². The van der Waals surface area contributed by atoms with Gasteiger partial charge in [-0.2, -0.15) is 0 Å². The van der Waals surface area contributed by atoms with E-state index in [0.29, 0.717) is 17.1 Å². The van der Waals surface area contributed by atoms with Gasteiger partial charge >= 0.3 is 0 Å². The van der Waals surface area contributed by atoms with Gasteiger partial charge in [0.05, 0.1) is 11.4 Å². The second-order valence-electron chi connectivity index (χ2n) is 10.4. The molecule has 136 valence electrons. The molecule has 0 heterocycles. The zero-order valence-electron chi connectivity index (χ0n) is 16.1. The first-order chi connectivity index (χ1) is 11.2. The number of rotatable bonds is 0. The average Bonchev–Trinajstić information content (AvgIpc) is 2.85. The zero-order valence-corrected chi connectivity index (χ0v) is 16.1. The van der Waals surface area contributed by atoms with Crippen molar-refractivity contribution in [3.8, 4) is 0 Å². The molecule has 0 bridgehead atoms. The summed E-state index contributed by atoms with van der Waals surface area (Å²) in [6, 6.07) is 0. The molecule has 0 amide bonds. The third-order valence-electron chi connectivity index (χ3n) is 9.17. The monoisotopic (exact) mass is 332 g/mol. The summed E-state index contributed by atoms with van der Waals surface area (Å²) in [7, 11) is 0. The van der Waals surface area contributed by atoms with Crippen molar-refractivity contribution < 1.29 is 10.2 Å². The van der Waals surface area contributed by atoms with Crippen molar-refractivity contribution in [3.05, 3.63) is 11.3 Å². The highest BCUT2D eigenvalue weighted by atomic mass is 16.3. The van der Waals surface area contributed by atoms with Crippen LogP contribution < -0.4 is 0 Å². The van der Waals surface area contributed by atoms with Gasteiger partial charge in [0.25, 0.3) is 0 Å². The van der Waals surface area contributed by atoms with Gasteiger partial charge in [-0.25, -0.2) is 0 Å². The maximum absolute atomic E-state index is 10.6. The standard InChI is InChI=1S/C22H36O2/c1-14(23)17-7-8-18-16-6-5-15-13-20(2,24)11-12-21(15,3)19(16)9-10-22(17,18)4/h15-16,18-19,23-24H,5-13H2,1-4H3/b17-14-/t15-,16?,18-,19?,20+,21-,22+/m0/s1. The molecule has 0 spiro atoms. The van der Waals surface area contributed by atoms with Crippen molar-refractivity contribution in [3.63, 3.8) is 0 Å². The van der Waals surface area contributed by atoms with E-state index in [1.165, 1.54) is 44.1 Å². The van der Waals surface area contributed by atoms with Crippen molar-refractivity contribution >= 4 is 0 Å². The molecule has 0 aromatic heterocycles. The van der Waals surface area contributed by atoms with Gasteiger partial charge in [-0.15, -0.1) is 0 Å². The maximum Gasteiger partial charge on any atom is 0.0889 e. The summed E-state index contributed by atoms with van der Waals surface area (Å²) in [6.07, 6.45) is 10.8. The van der Waals surface area contributed by atoms with Crippen LogP contribution in [0.25, 0.3) is 0 Å². The van der Waals surface area contributed by atoms with Gasteiger partial charge < -0.3 is 10.2 Å². The number of allylic oxidation sites excluding steroid dienone is 2. The summed E-state index contributed by atoms with van der Waals surface area (Å²) in [5.74, 6) is 3.76. The molecule has 0 aliphatic heterocycles. The lowest BCUT2D eigenvalue weighted by molar-refractivity contribution is -0.139. The first-order valence-electron chi connectivity index (χ1n) is 10.3. The highest BCUT2D eigenvalue weighted by Crippen LogP contribution is 2.68. The molecule has 2 N–H and O–H groups in total. The topological polar surface area (TPSA) is 40.5 Å². The lowest BCUT2D eigenvalue weighted by Gasteiger charge is -2.61. The van der Waals surface area contributed by atoms with Crippen LogP contribution in [0.4, 0.5) is 0 Å². The van der Waals surface area contributed by atoms with E-state index >= 15 is 0 Å². The first-order valence-corrected chi connectivity index (χ1v) is 10.3. The Balaban J connectivity index is 1.64. The third kappa shape index (κ3) is 2.24. The largest absolute Gasteiger partial charge is 0.513 e. The number of fused-ring (bicyclic) bond motifs is 5. The number of hydrogen-bond acceptors (Lipinski definition) is 2. The van der Waals surface area contributed by atoms with Crippen LogP contribution in [0.1, 0.15) is 85.5 Å². The Morgan fingerprint density at radius 3 is 2.42 bits per heavy atom. The van der Waals surface area contributed by atoms with Crippen molar-refractivity contribution in [1.82, 2.24) is 0 Å². The summed E-state index contributed by atoms with van der Waals surface area (Å²) in [5, 5.41) is 20.8. The highest BCUT2D eigenvalue weighted by Gasteiger charge is 2.60. The smallest absolute Gasteiger partial charge is 0.0889 e. The van der Waals surface area contributed by atoms with Crippen molar-refractivity contribution in [2.24, 2.45) is 34.5 Å². The van der Waals surface area contributed by atoms with E-state index in [1.807, 2.05) is 6.92 Å². The molecule has 0 aromatic rings. The van der Waals surface area contributed by atoms with Crippen LogP contribution in [0.2, 0.25) is 0 Å². The van der Waals surface area contributed by atoms with Crippen molar-refractivity contribution in [2.45, 2.75) is 91.1 Å². The van der Waals surface area contributed by atoms with Gasteiger partial charge in [-0.05, 0) is 112 Å². The van der Waals surface area contributed by atoms with Crippen molar-refractivity contribution in [2.75, 3.05) is 0 Å². The van der Waals surface area contributed by atoms with E-state index in [4.69, 9.17) is 0 Å². The van der Waals surface area contributed by atoms with Gasteiger partial charge in [-0.1, -0.05) is 13.8 Å². The molecule has 0 saturated heterocycles. The second kappa shape index (κ2) is 5.25. The summed E-state index contributed by atoms with van der Waals surface area (Å²) in [6.45, 7) is 8.94. The summed E-state index contributed by atoms with van der Waals surface area (Å²) >= 11 is 0. The van der Waals surface area contributed by atoms with Crippen LogP contribution in [-0.2, 0) is 0 Å². The average molecular weight is 333 g/mol. The minimum absolute atomic E-state index is 0.253. The van der Waals surface area contributed by atoms with Gasteiger partial charge in [0.15, 0.2) is 0 Å². The Morgan fingerprint density at radius 2 is 1.71 bits per heavy atom. The Bertz CT molecular complexity index is 558. The van der Waals surface area contributed by atoms with E-state index < -0.39 is 5.60 Å². The number of hydrogen-bond donors (Lipinski definition) is 2. The molecule has 7 atom stereocenters. The zero-order chi connectivity index (χ0) is 17.3. The summed E-state index contributed by atoms with van der Waals surface area (Å²) in [4.78, 5) is 0. The Kier molecular flexibility index (Phi) is 3.71. The maximum atomic E-state index is 10.6. The predicted molar refractivity (Wildman–Crippen MR) is 97.7 cm³/mol. The molecule has 4 saturated carbocycles. The fraction of sp³-hybridized carbons (Fsp3) is 0.909. The molecule has 4 fully saturated rings. The predicted octanol–water partition coefficient (Wildman–Crippen LogP) is 5.61. The third-order valence-corrected chi connectivity index (χ3v) is 9.17. The van der Waals surface area contributed by atoms with E-state index in [0.717, 1.165) is 37.0 Å². The molecule has 2 unspecified atom stereocenters. The molecule has 24 heavy (non-hydrogen) atoms. The molecular weight excluding hydrogens is 296 g/mol. The van der Waals surface area contributed by atoms with Crippen LogP contribution in [0.5, 0.6) is 0 Å². The SMILES string of the molecule is C/C(O)=C1\CC[C@H]2C3CC[C@H]4C[C@](C)(O)CC[C@]4(C)C3CC[C@]12C. The molecule has 4 aliphatic carbocycles. The van der Waals surface area contributed by atoms with Crippen LogP contribution in [-0.4, -0.2) is 15.8 Å². The summed E-state index contributed by atoms with van der Waals surface area (Å²) < 4.78 is 0. The molecule has 0 radical (unpaired) electrons. The Labute approximate surface area is 147 Å². The van der Waals surface area contributed by atoms with E-state index in [2.05, 4.69) is 20.8 Å². The van der Waals surface area contributed by atoms with Gasteiger partial charge in [-0.3, -0.25) is 0 Å². The quantitative estimate of drug-likeness (QED) is 0.566. The normalized spacial score (nSPS) is 56.2. The van der Waals surface area contributed by atoms with Crippen LogP contribution in [0.3, 0.4) is 0 Å². The summed E-state index contributed by atoms with van der Waals surface area (Å²) in [5.41, 5.74) is 1.62. The lowest BCUT2D eigenvalue weighted by atomic mass is 9.44. The molecule has 4 aliphatic rings. The first kappa shape index (κ1) is 16.9. The van der Waals surface area contributed by atoms with Gasteiger partial charge in [0.2, 0.25) is 0 Å². The van der Waals surface area contributed by atoms with Gasteiger partial charge in [0.1, 0.15) is 0 Å². The Hall–Kier alpha value is -0.500. The number of aliphatic hydroxyl groups excluding tert-OH is 1. The highest BCUT2D eigenvalue weighted by molar-refractivity contribution is 5.25. The molecule has 2 heteroatoms. The fourth-order valence-electron chi connectivity index (χ4n) is 7.84. The number of aliphatic hydroxyl groups is 2. The second-order valence-corrected chi connectivity index (χ2v) is 10.4. The minimum atomic E-state index is -0.433. The Morgan fingerprint density at radius 1 is 0.958 bits per heavy atom. The molecule has 4 rings (SSSR count). The lowest BCUT2D eigenvalue weighted by Crippen LogP contribution is -2.55. The van der Waals surface area contributed by atoms with Crippen LogP contribution in [0, 0.1) is 34.5 Å². The molecule has 0 aromatic carbocycles. The van der Waals surface area contributed by atoms with Crippen LogP contribution in [0.15, 0.2) is 11.3 Å². The van der Waals surface area contributed by atoms with E-state index in [1.54, 1.807) is 0 Å². The van der Waals surface area contributed by atoms with E-state index in [-0.39, 0.29) is 5.41 Å².